The van der Waals surface area contributed by atoms with Crippen LogP contribution in [0.3, 0.4) is 0 Å². The van der Waals surface area contributed by atoms with Crippen LogP contribution in [0.1, 0.15) is 23.2 Å². The van der Waals surface area contributed by atoms with Gasteiger partial charge in [0, 0.05) is 42.4 Å². The molecule has 0 aliphatic carbocycles. The molecule has 1 aliphatic rings. The third kappa shape index (κ3) is 3.14. The number of piperidine rings is 1. The second kappa shape index (κ2) is 5.99. The van der Waals surface area contributed by atoms with Crippen molar-refractivity contribution in [2.75, 3.05) is 13.1 Å². The maximum absolute atomic E-state index is 13.2. The van der Waals surface area contributed by atoms with Crippen LogP contribution in [0.4, 0.5) is 8.78 Å². The predicted molar refractivity (Wildman–Crippen MR) is 91.7 cm³/mol. The summed E-state index contributed by atoms with van der Waals surface area (Å²) in [5.41, 5.74) is 2.19. The van der Waals surface area contributed by atoms with Gasteiger partial charge >= 0.3 is 0 Å². The zero-order valence-corrected chi connectivity index (χ0v) is 13.5. The van der Waals surface area contributed by atoms with Gasteiger partial charge in [-0.25, -0.2) is 8.78 Å². The van der Waals surface area contributed by atoms with Gasteiger partial charge in [0.2, 0.25) is 0 Å². The Bertz CT molecular complexity index is 872. The SMILES string of the molecule is O=C(c1ccc(-c2cc3ccccc3o2)cc1)N1CCC(F)(F)CC1. The lowest BCUT2D eigenvalue weighted by molar-refractivity contribution is -0.0494. The maximum Gasteiger partial charge on any atom is 0.253 e. The van der Waals surface area contributed by atoms with Crippen LogP contribution in [0, 0.1) is 0 Å². The molecule has 0 bridgehead atoms. The first kappa shape index (κ1) is 15.8. The Hall–Kier alpha value is -2.69. The van der Waals surface area contributed by atoms with E-state index < -0.39 is 5.92 Å². The normalized spacial score (nSPS) is 17.0. The average molecular weight is 341 g/mol. The van der Waals surface area contributed by atoms with Gasteiger partial charge in [0.1, 0.15) is 11.3 Å². The fraction of sp³-hybridized carbons (Fsp3) is 0.250. The van der Waals surface area contributed by atoms with E-state index in [0.29, 0.717) is 5.56 Å². The predicted octanol–water partition coefficient (Wildman–Crippen LogP) is 4.97. The summed E-state index contributed by atoms with van der Waals surface area (Å²) in [6.45, 7) is 0.189. The minimum Gasteiger partial charge on any atom is -0.456 e. The molecule has 1 saturated heterocycles. The summed E-state index contributed by atoms with van der Waals surface area (Å²) in [4.78, 5) is 14.0. The van der Waals surface area contributed by atoms with Crippen LogP contribution in [0.25, 0.3) is 22.3 Å². The van der Waals surface area contributed by atoms with Crippen LogP contribution in [-0.2, 0) is 0 Å². The van der Waals surface area contributed by atoms with E-state index in [4.69, 9.17) is 4.42 Å². The minimum atomic E-state index is -2.65. The van der Waals surface area contributed by atoms with Crippen LogP contribution in [0.15, 0.2) is 59.0 Å². The molecule has 0 saturated carbocycles. The molecule has 25 heavy (non-hydrogen) atoms. The molecule has 0 atom stereocenters. The van der Waals surface area contributed by atoms with Crippen molar-refractivity contribution in [3.8, 4) is 11.3 Å². The number of fused-ring (bicyclic) bond motifs is 1. The van der Waals surface area contributed by atoms with E-state index in [0.717, 1.165) is 22.3 Å². The number of amides is 1. The van der Waals surface area contributed by atoms with Crippen molar-refractivity contribution in [3.63, 3.8) is 0 Å². The van der Waals surface area contributed by atoms with Gasteiger partial charge in [0.05, 0.1) is 0 Å². The molecular weight excluding hydrogens is 324 g/mol. The Morgan fingerprint density at radius 1 is 1.00 bits per heavy atom. The summed E-state index contributed by atoms with van der Waals surface area (Å²) in [5, 5.41) is 1.02. The molecule has 4 rings (SSSR count). The first-order chi connectivity index (χ1) is 12.0. The number of rotatable bonds is 2. The largest absolute Gasteiger partial charge is 0.456 e. The van der Waals surface area contributed by atoms with Crippen LogP contribution >= 0.6 is 0 Å². The van der Waals surface area contributed by atoms with E-state index in [1.54, 1.807) is 12.1 Å². The number of hydrogen-bond acceptors (Lipinski definition) is 2. The number of hydrogen-bond donors (Lipinski definition) is 0. The first-order valence-corrected chi connectivity index (χ1v) is 8.28. The van der Waals surface area contributed by atoms with Crippen molar-refractivity contribution >= 4 is 16.9 Å². The number of benzene rings is 2. The molecule has 2 aromatic carbocycles. The monoisotopic (exact) mass is 341 g/mol. The van der Waals surface area contributed by atoms with Crippen LogP contribution in [-0.4, -0.2) is 29.8 Å². The summed E-state index contributed by atoms with van der Waals surface area (Å²) in [7, 11) is 0. The summed E-state index contributed by atoms with van der Waals surface area (Å²) in [6.07, 6.45) is -0.536. The lowest BCUT2D eigenvalue weighted by atomic mass is 10.0. The number of para-hydroxylation sites is 1. The van der Waals surface area contributed by atoms with Crippen LogP contribution in [0.5, 0.6) is 0 Å². The number of nitrogens with zero attached hydrogens (tertiary/aromatic N) is 1. The lowest BCUT2D eigenvalue weighted by Crippen LogP contribution is -2.42. The lowest BCUT2D eigenvalue weighted by Gasteiger charge is -2.31. The highest BCUT2D eigenvalue weighted by Crippen LogP contribution is 2.30. The highest BCUT2D eigenvalue weighted by Gasteiger charge is 2.35. The Morgan fingerprint density at radius 2 is 1.68 bits per heavy atom. The van der Waals surface area contributed by atoms with Gasteiger partial charge in [-0.15, -0.1) is 0 Å². The number of carbonyl (C=O) groups excluding carboxylic acids is 1. The second-order valence-corrected chi connectivity index (χ2v) is 6.37. The van der Waals surface area contributed by atoms with Crippen molar-refractivity contribution < 1.29 is 18.0 Å². The van der Waals surface area contributed by atoms with Gasteiger partial charge in [0.15, 0.2) is 0 Å². The summed E-state index contributed by atoms with van der Waals surface area (Å²) < 4.78 is 32.3. The molecule has 1 aliphatic heterocycles. The fourth-order valence-corrected chi connectivity index (χ4v) is 3.12. The standard InChI is InChI=1S/C20H17F2NO2/c21-20(22)9-11-23(12-10-20)19(24)15-7-5-14(6-8-15)18-13-16-3-1-2-4-17(16)25-18/h1-8,13H,9-12H2. The Morgan fingerprint density at radius 3 is 2.36 bits per heavy atom. The van der Waals surface area contributed by atoms with E-state index in [9.17, 15) is 13.6 Å². The molecule has 3 nitrogen and oxygen atoms in total. The van der Waals surface area contributed by atoms with Crippen LogP contribution in [0.2, 0.25) is 0 Å². The molecule has 0 radical (unpaired) electrons. The molecule has 3 aromatic rings. The first-order valence-electron chi connectivity index (χ1n) is 8.28. The number of furan rings is 1. The van der Waals surface area contributed by atoms with Crippen molar-refractivity contribution in [1.82, 2.24) is 4.90 Å². The van der Waals surface area contributed by atoms with Gasteiger partial charge in [-0.3, -0.25) is 4.79 Å². The van der Waals surface area contributed by atoms with Crippen molar-refractivity contribution in [2.24, 2.45) is 0 Å². The van der Waals surface area contributed by atoms with Crippen molar-refractivity contribution in [2.45, 2.75) is 18.8 Å². The molecule has 1 amide bonds. The van der Waals surface area contributed by atoms with Crippen LogP contribution < -0.4 is 0 Å². The fourth-order valence-electron chi connectivity index (χ4n) is 3.12. The summed E-state index contributed by atoms with van der Waals surface area (Å²) in [6, 6.07) is 16.8. The average Bonchev–Trinajstić information content (AvgIpc) is 3.05. The third-order valence-electron chi connectivity index (χ3n) is 4.62. The molecule has 0 unspecified atom stereocenters. The Labute approximate surface area is 143 Å². The van der Waals surface area contributed by atoms with E-state index in [1.807, 2.05) is 42.5 Å². The molecule has 5 heteroatoms. The van der Waals surface area contributed by atoms with Gasteiger partial charge in [-0.05, 0) is 24.3 Å². The molecule has 1 fully saturated rings. The summed E-state index contributed by atoms with van der Waals surface area (Å²) >= 11 is 0. The van der Waals surface area contributed by atoms with Gasteiger partial charge in [0.25, 0.3) is 11.8 Å². The zero-order valence-electron chi connectivity index (χ0n) is 13.5. The number of alkyl halides is 2. The molecule has 0 N–H and O–H groups in total. The Balaban J connectivity index is 1.52. The smallest absolute Gasteiger partial charge is 0.253 e. The van der Waals surface area contributed by atoms with E-state index in [1.165, 1.54) is 4.90 Å². The topological polar surface area (TPSA) is 33.5 Å². The zero-order chi connectivity index (χ0) is 17.4. The molecule has 1 aromatic heterocycles. The number of carbonyl (C=O) groups is 1. The third-order valence-corrected chi connectivity index (χ3v) is 4.62. The van der Waals surface area contributed by atoms with E-state index in [2.05, 4.69) is 0 Å². The van der Waals surface area contributed by atoms with Gasteiger partial charge < -0.3 is 9.32 Å². The number of likely N-dealkylation sites (tertiary alicyclic amines) is 1. The maximum atomic E-state index is 13.2. The summed E-state index contributed by atoms with van der Waals surface area (Å²) in [5.74, 6) is -2.12. The van der Waals surface area contributed by atoms with Gasteiger partial charge in [-0.1, -0.05) is 30.3 Å². The van der Waals surface area contributed by atoms with E-state index >= 15 is 0 Å². The van der Waals surface area contributed by atoms with Crippen molar-refractivity contribution in [3.05, 3.63) is 60.2 Å². The molecule has 2 heterocycles. The van der Waals surface area contributed by atoms with Gasteiger partial charge in [-0.2, -0.15) is 0 Å². The van der Waals surface area contributed by atoms with Crippen molar-refractivity contribution in [1.29, 1.82) is 0 Å². The highest BCUT2D eigenvalue weighted by atomic mass is 19.3. The molecule has 128 valence electrons. The highest BCUT2D eigenvalue weighted by molar-refractivity contribution is 5.95. The second-order valence-electron chi connectivity index (χ2n) is 6.37. The van der Waals surface area contributed by atoms with E-state index in [-0.39, 0.29) is 31.8 Å². The minimum absolute atomic E-state index is 0.0944. The molecule has 0 spiro atoms. The molecular formula is C20H17F2NO2. The Kier molecular flexibility index (Phi) is 3.79. The number of halogens is 2. The quantitative estimate of drug-likeness (QED) is 0.659.